The fourth-order valence-corrected chi connectivity index (χ4v) is 4.84. The second-order valence-corrected chi connectivity index (χ2v) is 11.4. The van der Waals surface area contributed by atoms with Crippen LogP contribution >= 0.6 is 0 Å². The summed E-state index contributed by atoms with van der Waals surface area (Å²) in [7, 11) is -2.25. The molecule has 0 unspecified atom stereocenters. The van der Waals surface area contributed by atoms with Crippen molar-refractivity contribution in [2.45, 2.75) is 31.2 Å². The Kier molecular flexibility index (Phi) is 8.83. The third kappa shape index (κ3) is 6.09. The molecule has 3 N–H and O–H groups in total. The Labute approximate surface area is 209 Å². The number of amides is 1. The minimum Gasteiger partial charge on any atom is -0.383 e. The number of hydrogen-bond donors (Lipinski definition) is 3. The van der Waals surface area contributed by atoms with Crippen LogP contribution in [0.25, 0.3) is 17.0 Å². The van der Waals surface area contributed by atoms with Gasteiger partial charge in [-0.05, 0) is 42.2 Å². The van der Waals surface area contributed by atoms with Gasteiger partial charge < -0.3 is 15.0 Å². The summed E-state index contributed by atoms with van der Waals surface area (Å²) < 4.78 is 57.3. The van der Waals surface area contributed by atoms with E-state index in [0.717, 1.165) is 11.8 Å². The van der Waals surface area contributed by atoms with Crippen LogP contribution in [0, 0.1) is 5.82 Å². The minimum absolute atomic E-state index is 0.0557. The lowest BCUT2D eigenvalue weighted by Crippen LogP contribution is -2.50. The van der Waals surface area contributed by atoms with Crippen molar-refractivity contribution in [1.29, 1.82) is 0 Å². The Hall–Kier alpha value is -2.86. The molecule has 1 aliphatic rings. The average Bonchev–Trinajstić information content (AvgIpc) is 2.84. The van der Waals surface area contributed by atoms with Crippen molar-refractivity contribution >= 4 is 21.6 Å². The molecular formula is C25H31F2N3O5S. The third-order valence-corrected chi connectivity index (χ3v) is 8.50. The number of ether oxygens (including phenoxy) is 1. The molecule has 0 aliphatic carbocycles. The van der Waals surface area contributed by atoms with Crippen molar-refractivity contribution in [1.82, 2.24) is 15.7 Å². The lowest BCUT2D eigenvalue weighted by molar-refractivity contribution is -0.131. The molecule has 1 aliphatic heterocycles. The molecule has 0 saturated heterocycles. The summed E-state index contributed by atoms with van der Waals surface area (Å²) in [5.74, 6) is -2.01. The number of benzene rings is 2. The van der Waals surface area contributed by atoms with Crippen LogP contribution in [0.4, 0.5) is 8.78 Å². The number of carbonyl (C=O) groups excluding carboxylic acids is 1. The molecule has 0 aromatic heterocycles. The lowest BCUT2D eigenvalue weighted by Gasteiger charge is -2.31. The zero-order valence-electron chi connectivity index (χ0n) is 20.5. The van der Waals surface area contributed by atoms with Gasteiger partial charge in [0.1, 0.15) is 11.6 Å². The highest BCUT2D eigenvalue weighted by Gasteiger charge is 2.43. The largest absolute Gasteiger partial charge is 0.383 e. The van der Waals surface area contributed by atoms with Crippen molar-refractivity contribution in [2.75, 3.05) is 33.1 Å². The van der Waals surface area contributed by atoms with Crippen LogP contribution in [0.2, 0.25) is 0 Å². The van der Waals surface area contributed by atoms with E-state index in [-0.39, 0.29) is 19.5 Å². The molecule has 196 valence electrons. The van der Waals surface area contributed by atoms with E-state index in [1.165, 1.54) is 24.7 Å². The first kappa shape index (κ1) is 27.7. The Morgan fingerprint density at radius 2 is 1.94 bits per heavy atom. The van der Waals surface area contributed by atoms with Crippen LogP contribution in [0.5, 0.6) is 0 Å². The highest BCUT2D eigenvalue weighted by molar-refractivity contribution is 7.92. The number of hydrogen-bond acceptors (Lipinski definition) is 7. The van der Waals surface area contributed by atoms with E-state index in [0.29, 0.717) is 42.0 Å². The fraction of sp³-hybridized carbons (Fsp3) is 0.400. The highest BCUT2D eigenvalue weighted by atomic mass is 32.2. The molecular weight excluding hydrogens is 492 g/mol. The SMILES string of the molecule is COCCNCc1ccc(-c2ccc3c(c2)C(F)=CN(CC[C@](C)(C(=O)NO)S(C)(=O)=O)C3)c(F)c1. The summed E-state index contributed by atoms with van der Waals surface area (Å²) in [6, 6.07) is 9.94. The van der Waals surface area contributed by atoms with Gasteiger partial charge in [0.05, 0.1) is 6.61 Å². The number of halogens is 2. The van der Waals surface area contributed by atoms with E-state index in [9.17, 15) is 17.6 Å². The summed E-state index contributed by atoms with van der Waals surface area (Å²) in [6.45, 7) is 3.25. The molecule has 0 radical (unpaired) electrons. The second kappa shape index (κ2) is 11.5. The standard InChI is InChI=1S/C25H31F2N3O5S/c1-25(24(31)29-32,36(3,33)34)8-10-30-15-19-6-5-18(13-21(19)23(27)16-30)20-7-4-17(12-22(20)26)14-28-9-11-35-2/h4-7,12-13,16,28,32H,8-11,14-15H2,1-3H3,(H,29,31)/t25-/m1/s1. The Bertz CT molecular complexity index is 1250. The van der Waals surface area contributed by atoms with E-state index in [2.05, 4.69) is 5.32 Å². The first-order valence-corrected chi connectivity index (χ1v) is 13.3. The maximum Gasteiger partial charge on any atom is 0.264 e. The van der Waals surface area contributed by atoms with Crippen molar-refractivity contribution in [3.05, 3.63) is 65.1 Å². The van der Waals surface area contributed by atoms with E-state index in [1.54, 1.807) is 36.3 Å². The normalized spacial score (nSPS) is 15.2. The van der Waals surface area contributed by atoms with Gasteiger partial charge in [0.15, 0.2) is 14.6 Å². The van der Waals surface area contributed by atoms with Crippen LogP contribution in [0.15, 0.2) is 42.6 Å². The predicted molar refractivity (Wildman–Crippen MR) is 133 cm³/mol. The van der Waals surface area contributed by atoms with Crippen molar-refractivity contribution in [2.24, 2.45) is 0 Å². The van der Waals surface area contributed by atoms with Crippen molar-refractivity contribution in [3.63, 3.8) is 0 Å². The molecule has 0 fully saturated rings. The zero-order chi connectivity index (χ0) is 26.5. The molecule has 2 aromatic carbocycles. The van der Waals surface area contributed by atoms with Crippen LogP contribution in [-0.2, 0) is 32.5 Å². The number of sulfone groups is 1. The summed E-state index contributed by atoms with van der Waals surface area (Å²) in [5, 5.41) is 12.1. The Morgan fingerprint density at radius 1 is 1.19 bits per heavy atom. The maximum absolute atomic E-state index is 15.0. The Morgan fingerprint density at radius 3 is 2.58 bits per heavy atom. The Balaban J connectivity index is 1.75. The molecule has 1 atom stereocenters. The number of carbonyl (C=O) groups is 1. The van der Waals surface area contributed by atoms with E-state index >= 15 is 4.39 Å². The first-order valence-electron chi connectivity index (χ1n) is 11.4. The van der Waals surface area contributed by atoms with Gasteiger partial charge in [-0.2, -0.15) is 0 Å². The van der Waals surface area contributed by atoms with Gasteiger partial charge in [-0.25, -0.2) is 22.7 Å². The van der Waals surface area contributed by atoms with Gasteiger partial charge in [0.2, 0.25) is 0 Å². The quantitative estimate of drug-likeness (QED) is 0.236. The van der Waals surface area contributed by atoms with Gasteiger partial charge in [-0.1, -0.05) is 24.3 Å². The first-order chi connectivity index (χ1) is 17.0. The fourth-order valence-electron chi connectivity index (χ4n) is 3.99. The summed E-state index contributed by atoms with van der Waals surface area (Å²) >= 11 is 0. The second-order valence-electron chi connectivity index (χ2n) is 9.00. The molecule has 8 nitrogen and oxygen atoms in total. The number of nitrogens with one attached hydrogen (secondary N) is 2. The number of hydroxylamine groups is 1. The van der Waals surface area contributed by atoms with E-state index in [4.69, 9.17) is 9.94 Å². The van der Waals surface area contributed by atoms with Gasteiger partial charge in [0, 0.05) is 56.9 Å². The van der Waals surface area contributed by atoms with Gasteiger partial charge in [-0.15, -0.1) is 0 Å². The topological polar surface area (TPSA) is 108 Å². The molecule has 36 heavy (non-hydrogen) atoms. The molecule has 1 amide bonds. The van der Waals surface area contributed by atoms with Crippen LogP contribution < -0.4 is 10.8 Å². The van der Waals surface area contributed by atoms with Crippen LogP contribution in [-0.4, -0.2) is 62.2 Å². The number of fused-ring (bicyclic) bond motifs is 1. The lowest BCUT2D eigenvalue weighted by atomic mass is 9.95. The molecule has 0 bridgehead atoms. The molecule has 1 heterocycles. The molecule has 11 heteroatoms. The molecule has 0 saturated carbocycles. The molecule has 3 rings (SSSR count). The predicted octanol–water partition coefficient (Wildman–Crippen LogP) is 3.01. The zero-order valence-corrected chi connectivity index (χ0v) is 21.3. The maximum atomic E-state index is 15.0. The van der Waals surface area contributed by atoms with Gasteiger partial charge in [-0.3, -0.25) is 10.0 Å². The summed E-state index contributed by atoms with van der Waals surface area (Å²) in [4.78, 5) is 13.6. The summed E-state index contributed by atoms with van der Waals surface area (Å²) in [6.07, 6.45) is 2.00. The molecule has 2 aromatic rings. The smallest absolute Gasteiger partial charge is 0.264 e. The van der Waals surface area contributed by atoms with Crippen molar-refractivity contribution < 1.29 is 31.9 Å². The van der Waals surface area contributed by atoms with Crippen molar-refractivity contribution in [3.8, 4) is 11.1 Å². The number of methoxy groups -OCH3 is 1. The number of nitrogens with zero attached hydrogens (tertiary/aromatic N) is 1. The monoisotopic (exact) mass is 523 g/mol. The van der Waals surface area contributed by atoms with E-state index < -0.39 is 32.1 Å². The highest BCUT2D eigenvalue weighted by Crippen LogP contribution is 2.34. The number of rotatable bonds is 11. The third-order valence-electron chi connectivity index (χ3n) is 6.47. The van der Waals surface area contributed by atoms with Crippen LogP contribution in [0.3, 0.4) is 0 Å². The van der Waals surface area contributed by atoms with Gasteiger partial charge in [0.25, 0.3) is 5.91 Å². The average molecular weight is 524 g/mol. The van der Waals surface area contributed by atoms with Crippen LogP contribution in [0.1, 0.15) is 30.0 Å². The summed E-state index contributed by atoms with van der Waals surface area (Å²) in [5.41, 5.74) is 4.04. The molecule has 0 spiro atoms. The van der Waals surface area contributed by atoms with Gasteiger partial charge >= 0.3 is 0 Å². The van der Waals surface area contributed by atoms with E-state index in [1.807, 2.05) is 6.07 Å². The minimum atomic E-state index is -3.86.